The molecule has 0 aliphatic carbocycles. The van der Waals surface area contributed by atoms with Gasteiger partial charge in [0.25, 0.3) is 0 Å². The van der Waals surface area contributed by atoms with Gasteiger partial charge in [-0.2, -0.15) is 0 Å². The lowest BCUT2D eigenvalue weighted by Gasteiger charge is -2.34. The third-order valence-electron chi connectivity index (χ3n) is 8.03. The first-order valence-electron chi connectivity index (χ1n) is 14.9. The molecular weight excluding hydrogens is 480 g/mol. The number of hydrogen-bond acceptors (Lipinski definition) is 0. The average molecular weight is 531 g/mol. The van der Waals surface area contributed by atoms with Gasteiger partial charge < -0.3 is 0 Å². The van der Waals surface area contributed by atoms with Gasteiger partial charge in [0.2, 0.25) is 0 Å². The van der Waals surface area contributed by atoms with Crippen molar-refractivity contribution in [1.29, 1.82) is 0 Å². The van der Waals surface area contributed by atoms with Gasteiger partial charge in [0.05, 0.1) is 0 Å². The first kappa shape index (κ1) is 29.9. The van der Waals surface area contributed by atoms with Crippen molar-refractivity contribution in [2.45, 2.75) is 105 Å². The number of hydrogen-bond donors (Lipinski definition) is 0. The molecule has 4 aromatic rings. The van der Waals surface area contributed by atoms with E-state index in [9.17, 15) is 0 Å². The highest BCUT2D eigenvalue weighted by Gasteiger charge is 2.31. The second-order valence-corrected chi connectivity index (χ2v) is 15.6. The van der Waals surface area contributed by atoms with Crippen molar-refractivity contribution in [2.75, 3.05) is 0 Å². The summed E-state index contributed by atoms with van der Waals surface area (Å²) < 4.78 is 0. The Kier molecular flexibility index (Phi) is 7.74. The monoisotopic (exact) mass is 530 g/mol. The maximum atomic E-state index is 2.47. The third-order valence-corrected chi connectivity index (χ3v) is 8.03. The fourth-order valence-corrected chi connectivity index (χ4v) is 5.96. The molecule has 0 bridgehead atoms. The maximum absolute atomic E-state index is 2.47. The molecule has 0 heterocycles. The molecule has 0 atom stereocenters. The molecule has 210 valence electrons. The topological polar surface area (TPSA) is 0 Å². The van der Waals surface area contributed by atoms with Crippen molar-refractivity contribution >= 4 is 0 Å². The first-order valence-corrected chi connectivity index (χ1v) is 14.9. The van der Waals surface area contributed by atoms with Crippen molar-refractivity contribution in [3.05, 3.63) is 107 Å². The van der Waals surface area contributed by atoms with Crippen LogP contribution in [0.1, 0.15) is 105 Å². The average Bonchev–Trinajstić information content (AvgIpc) is 2.86. The van der Waals surface area contributed by atoms with E-state index in [1.54, 1.807) is 0 Å². The minimum absolute atomic E-state index is 0.00235. The highest BCUT2D eigenvalue weighted by Crippen LogP contribution is 2.49. The maximum Gasteiger partial charge on any atom is -0.00931 e. The van der Waals surface area contributed by atoms with Gasteiger partial charge in [0.15, 0.2) is 0 Å². The fourth-order valence-electron chi connectivity index (χ4n) is 5.96. The Balaban J connectivity index is 2.26. The smallest absolute Gasteiger partial charge is 0.00931 e. The number of rotatable bonds is 3. The van der Waals surface area contributed by atoms with Crippen molar-refractivity contribution < 1.29 is 0 Å². The second-order valence-electron chi connectivity index (χ2n) is 15.6. The predicted octanol–water partition coefficient (Wildman–Crippen LogP) is 11.9. The normalized spacial score (nSPS) is 13.0. The lowest BCUT2D eigenvalue weighted by atomic mass is 9.70. The molecule has 0 spiro atoms. The largest absolute Gasteiger partial charge is 0.0622 e. The van der Waals surface area contributed by atoms with Gasteiger partial charge in [-0.15, -0.1) is 0 Å². The summed E-state index contributed by atoms with van der Waals surface area (Å²) in [6, 6.07) is 31.9. The zero-order valence-electron chi connectivity index (χ0n) is 27.1. The van der Waals surface area contributed by atoms with Gasteiger partial charge in [0.1, 0.15) is 0 Å². The Bertz CT molecular complexity index is 1420. The minimum atomic E-state index is -0.00693. The molecule has 0 nitrogen and oxygen atoms in total. The molecular formula is C40H50. The quantitative estimate of drug-likeness (QED) is 0.247. The van der Waals surface area contributed by atoms with Gasteiger partial charge >= 0.3 is 0 Å². The fraction of sp³-hybridized carbons (Fsp3) is 0.400. The van der Waals surface area contributed by atoms with Crippen LogP contribution in [-0.4, -0.2) is 0 Å². The van der Waals surface area contributed by atoms with E-state index < -0.39 is 0 Å². The van der Waals surface area contributed by atoms with Crippen LogP contribution in [0, 0.1) is 0 Å². The highest BCUT2D eigenvalue weighted by molar-refractivity contribution is 5.92. The SMILES string of the molecule is CC(C)(C)c1cccc(C(C)(C)C)c1-c1ccc(-c2ccccc2)cc1-c1c(C(C)(C)C)cccc1C(C)(C)C. The van der Waals surface area contributed by atoms with E-state index in [1.807, 2.05) is 0 Å². The van der Waals surface area contributed by atoms with Gasteiger partial charge in [-0.25, -0.2) is 0 Å². The molecule has 0 aliphatic rings. The van der Waals surface area contributed by atoms with Gasteiger partial charge in [-0.3, -0.25) is 0 Å². The Morgan fingerprint density at radius 3 is 1.07 bits per heavy atom. The summed E-state index contributed by atoms with van der Waals surface area (Å²) in [5.74, 6) is 0. The van der Waals surface area contributed by atoms with Gasteiger partial charge in [-0.05, 0) is 83.4 Å². The van der Waals surface area contributed by atoms with Crippen molar-refractivity contribution in [3.8, 4) is 33.4 Å². The standard InChI is InChI=1S/C40H50/c1-37(2,3)31-20-16-21-32(38(4,5)6)35(31)29-25-24-28(27-18-14-13-15-19-27)26-30(29)36-33(39(7,8)9)22-17-23-34(36)40(10,11)12/h13-26H,1-12H3. The molecule has 0 fully saturated rings. The molecule has 0 saturated carbocycles. The van der Waals surface area contributed by atoms with Crippen LogP contribution >= 0.6 is 0 Å². The zero-order chi connectivity index (χ0) is 29.7. The lowest BCUT2D eigenvalue weighted by Crippen LogP contribution is -2.21. The summed E-state index contributed by atoms with van der Waals surface area (Å²) in [7, 11) is 0. The van der Waals surface area contributed by atoms with E-state index in [0.717, 1.165) is 0 Å². The van der Waals surface area contributed by atoms with E-state index in [4.69, 9.17) is 0 Å². The molecule has 0 radical (unpaired) electrons. The summed E-state index contributed by atoms with van der Waals surface area (Å²) in [5.41, 5.74) is 13.5. The van der Waals surface area contributed by atoms with Gasteiger partial charge in [0, 0.05) is 0 Å². The predicted molar refractivity (Wildman–Crippen MR) is 178 cm³/mol. The van der Waals surface area contributed by atoms with Crippen LogP contribution in [0.3, 0.4) is 0 Å². The first-order chi connectivity index (χ1) is 18.4. The van der Waals surface area contributed by atoms with E-state index in [2.05, 4.69) is 168 Å². The molecule has 0 saturated heterocycles. The van der Waals surface area contributed by atoms with Crippen LogP contribution in [-0.2, 0) is 21.7 Å². The molecule has 0 aromatic heterocycles. The van der Waals surface area contributed by atoms with Crippen molar-refractivity contribution in [3.63, 3.8) is 0 Å². The van der Waals surface area contributed by atoms with E-state index in [-0.39, 0.29) is 21.7 Å². The van der Waals surface area contributed by atoms with E-state index >= 15 is 0 Å². The lowest BCUT2D eigenvalue weighted by molar-refractivity contribution is 0.570. The van der Waals surface area contributed by atoms with E-state index in [1.165, 1.54) is 55.6 Å². The minimum Gasteiger partial charge on any atom is -0.0622 e. The van der Waals surface area contributed by atoms with Crippen LogP contribution in [0.5, 0.6) is 0 Å². The molecule has 4 aromatic carbocycles. The molecule has 0 amide bonds. The molecule has 0 aliphatic heterocycles. The number of benzene rings is 4. The van der Waals surface area contributed by atoms with E-state index in [0.29, 0.717) is 0 Å². The summed E-state index contributed by atoms with van der Waals surface area (Å²) in [5, 5.41) is 0. The molecule has 0 unspecified atom stereocenters. The Morgan fingerprint density at radius 2 is 0.700 bits per heavy atom. The van der Waals surface area contributed by atoms with Crippen LogP contribution in [0.15, 0.2) is 84.9 Å². The summed E-state index contributed by atoms with van der Waals surface area (Å²) in [6.45, 7) is 28.2. The van der Waals surface area contributed by atoms with Crippen LogP contribution in [0.4, 0.5) is 0 Å². The van der Waals surface area contributed by atoms with Gasteiger partial charge in [-0.1, -0.05) is 162 Å². The van der Waals surface area contributed by atoms with Crippen LogP contribution in [0.25, 0.3) is 33.4 Å². The molecule has 0 N–H and O–H groups in total. The molecule has 0 heteroatoms. The summed E-state index contributed by atoms with van der Waals surface area (Å²) in [6.07, 6.45) is 0. The zero-order valence-corrected chi connectivity index (χ0v) is 27.1. The molecule has 40 heavy (non-hydrogen) atoms. The summed E-state index contributed by atoms with van der Waals surface area (Å²) >= 11 is 0. The molecule has 4 rings (SSSR count). The Morgan fingerprint density at radius 1 is 0.325 bits per heavy atom. The second kappa shape index (κ2) is 10.4. The Hall–Kier alpha value is -3.12. The third kappa shape index (κ3) is 5.97. The van der Waals surface area contributed by atoms with Crippen molar-refractivity contribution in [2.24, 2.45) is 0 Å². The van der Waals surface area contributed by atoms with Crippen LogP contribution in [0.2, 0.25) is 0 Å². The summed E-state index contributed by atoms with van der Waals surface area (Å²) in [4.78, 5) is 0. The Labute approximate surface area is 244 Å². The van der Waals surface area contributed by atoms with Crippen LogP contribution < -0.4 is 0 Å². The van der Waals surface area contributed by atoms with Crippen molar-refractivity contribution in [1.82, 2.24) is 0 Å². The highest BCUT2D eigenvalue weighted by atomic mass is 14.3.